The van der Waals surface area contributed by atoms with Gasteiger partial charge < -0.3 is 24.2 Å². The van der Waals surface area contributed by atoms with Gasteiger partial charge in [0.1, 0.15) is 11.9 Å². The van der Waals surface area contributed by atoms with Gasteiger partial charge in [0.2, 0.25) is 5.91 Å². The molecule has 0 saturated carbocycles. The van der Waals surface area contributed by atoms with Gasteiger partial charge in [-0.3, -0.25) is 4.79 Å². The molecule has 2 bridgehead atoms. The number of anilines is 1. The minimum atomic E-state index is -0.231. The van der Waals surface area contributed by atoms with Gasteiger partial charge in [-0.15, -0.1) is 0 Å². The largest absolute Gasteiger partial charge is 0.444 e. The van der Waals surface area contributed by atoms with Crippen LogP contribution in [0.25, 0.3) is 0 Å². The Morgan fingerprint density at radius 1 is 1.09 bits per heavy atom. The summed E-state index contributed by atoms with van der Waals surface area (Å²) in [6, 6.07) is 5.83. The third-order valence-electron chi connectivity index (χ3n) is 9.01. The molecule has 8 heteroatoms. The van der Waals surface area contributed by atoms with Gasteiger partial charge in [-0.05, 0) is 75.4 Å². The molecule has 4 fully saturated rings. The third kappa shape index (κ3) is 3.70. The Morgan fingerprint density at radius 3 is 2.47 bits per heavy atom. The zero-order chi connectivity index (χ0) is 23.4. The average molecular weight is 472 g/mol. The number of hydrogen-bond acceptors (Lipinski definition) is 5. The third-order valence-corrected chi connectivity index (χ3v) is 9.01. The van der Waals surface area contributed by atoms with Gasteiger partial charge in [0.05, 0.1) is 13.2 Å². The predicted octanol–water partition coefficient (Wildman–Crippen LogP) is 3.45. The van der Waals surface area contributed by atoms with Gasteiger partial charge in [0.15, 0.2) is 0 Å². The molecule has 6 rings (SSSR count). The first-order chi connectivity index (χ1) is 16.4. The van der Waals surface area contributed by atoms with Gasteiger partial charge in [-0.25, -0.2) is 9.18 Å². The molecule has 5 aliphatic heterocycles. The minimum absolute atomic E-state index is 0.0205. The number of benzene rings is 1. The van der Waals surface area contributed by atoms with E-state index in [1.165, 1.54) is 6.07 Å². The zero-order valence-corrected chi connectivity index (χ0v) is 19.9. The summed E-state index contributed by atoms with van der Waals surface area (Å²) in [5.41, 5.74) is 1.71. The molecule has 0 aliphatic carbocycles. The highest BCUT2D eigenvalue weighted by atomic mass is 19.1. The Bertz CT molecular complexity index is 959. The molecule has 7 nitrogen and oxygen atoms in total. The lowest BCUT2D eigenvalue weighted by molar-refractivity contribution is -0.116. The van der Waals surface area contributed by atoms with Crippen LogP contribution in [0.15, 0.2) is 18.2 Å². The van der Waals surface area contributed by atoms with Crippen molar-refractivity contribution < 1.29 is 23.5 Å². The molecule has 34 heavy (non-hydrogen) atoms. The van der Waals surface area contributed by atoms with Crippen LogP contribution in [-0.2, 0) is 19.7 Å². The van der Waals surface area contributed by atoms with E-state index in [4.69, 9.17) is 9.47 Å². The summed E-state index contributed by atoms with van der Waals surface area (Å²) < 4.78 is 25.2. The summed E-state index contributed by atoms with van der Waals surface area (Å²) in [4.78, 5) is 31.6. The summed E-state index contributed by atoms with van der Waals surface area (Å²) in [6.07, 6.45) is 6.46. The van der Waals surface area contributed by atoms with Crippen molar-refractivity contribution in [2.24, 2.45) is 0 Å². The van der Waals surface area contributed by atoms with Crippen molar-refractivity contribution in [2.45, 2.75) is 81.5 Å². The number of nitrogens with zero attached hydrogens (tertiary/aromatic N) is 3. The van der Waals surface area contributed by atoms with E-state index in [2.05, 4.69) is 4.90 Å². The number of carbonyl (C=O) groups is 2. The Balaban J connectivity index is 1.11. The van der Waals surface area contributed by atoms with Crippen LogP contribution in [0, 0.1) is 5.82 Å². The normalized spacial score (nSPS) is 32.3. The Labute approximate surface area is 200 Å². The molecule has 3 atom stereocenters. The maximum atomic E-state index is 14.2. The van der Waals surface area contributed by atoms with Gasteiger partial charge in [0, 0.05) is 49.1 Å². The van der Waals surface area contributed by atoms with Crippen LogP contribution < -0.4 is 4.90 Å². The molecular formula is C26H34FN3O4. The van der Waals surface area contributed by atoms with Crippen molar-refractivity contribution in [1.82, 2.24) is 9.80 Å². The second-order valence-electron chi connectivity index (χ2n) is 10.9. The van der Waals surface area contributed by atoms with Crippen LogP contribution in [0.2, 0.25) is 0 Å². The summed E-state index contributed by atoms with van der Waals surface area (Å²) in [5.74, 6) is -0.210. The van der Waals surface area contributed by atoms with Crippen molar-refractivity contribution in [1.29, 1.82) is 0 Å². The fraction of sp³-hybridized carbons (Fsp3) is 0.692. The molecule has 0 N–H and O–H groups in total. The predicted molar refractivity (Wildman–Crippen MR) is 124 cm³/mol. The van der Waals surface area contributed by atoms with Crippen LogP contribution >= 0.6 is 0 Å². The maximum Gasteiger partial charge on any atom is 0.410 e. The molecule has 0 radical (unpaired) electrons. The molecule has 4 saturated heterocycles. The average Bonchev–Trinajstić information content (AvgIpc) is 3.50. The summed E-state index contributed by atoms with van der Waals surface area (Å²) in [5, 5.41) is 0. The lowest BCUT2D eigenvalue weighted by Crippen LogP contribution is -2.56. The van der Waals surface area contributed by atoms with Gasteiger partial charge >= 0.3 is 6.09 Å². The molecular weight excluding hydrogens is 437 g/mol. The second-order valence-corrected chi connectivity index (χ2v) is 10.9. The molecule has 1 aromatic rings. The SMILES string of the molecule is CC(=O)N1CC2(CCN(C3CC4CCC(C3)N4C(=O)O[C@H]3CCOC3)CC2)c2cc(F)ccc21. The van der Waals surface area contributed by atoms with E-state index in [0.717, 1.165) is 69.3 Å². The van der Waals surface area contributed by atoms with Crippen LogP contribution in [-0.4, -0.2) is 78.9 Å². The highest BCUT2D eigenvalue weighted by molar-refractivity contribution is 5.94. The van der Waals surface area contributed by atoms with Crippen molar-refractivity contribution in [3.8, 4) is 0 Å². The van der Waals surface area contributed by atoms with Crippen molar-refractivity contribution in [3.05, 3.63) is 29.6 Å². The Hall–Kier alpha value is -2.19. The molecule has 5 heterocycles. The topological polar surface area (TPSA) is 62.3 Å². The van der Waals surface area contributed by atoms with Crippen LogP contribution in [0.4, 0.5) is 14.9 Å². The van der Waals surface area contributed by atoms with E-state index in [9.17, 15) is 14.0 Å². The number of carbonyl (C=O) groups excluding carboxylic acids is 2. The van der Waals surface area contributed by atoms with Crippen molar-refractivity contribution in [3.63, 3.8) is 0 Å². The second kappa shape index (κ2) is 8.48. The maximum absolute atomic E-state index is 14.2. The Morgan fingerprint density at radius 2 is 1.82 bits per heavy atom. The van der Waals surface area contributed by atoms with Crippen LogP contribution in [0.5, 0.6) is 0 Å². The number of amides is 2. The van der Waals surface area contributed by atoms with Crippen molar-refractivity contribution in [2.75, 3.05) is 37.7 Å². The van der Waals surface area contributed by atoms with Crippen LogP contribution in [0.1, 0.15) is 57.4 Å². The van der Waals surface area contributed by atoms with Gasteiger partial charge in [-0.1, -0.05) is 0 Å². The van der Waals surface area contributed by atoms with E-state index in [0.29, 0.717) is 25.8 Å². The number of rotatable bonds is 2. The van der Waals surface area contributed by atoms with E-state index < -0.39 is 0 Å². The zero-order valence-electron chi connectivity index (χ0n) is 19.9. The minimum Gasteiger partial charge on any atom is -0.444 e. The molecule has 184 valence electrons. The first-order valence-corrected chi connectivity index (χ1v) is 12.8. The number of fused-ring (bicyclic) bond motifs is 4. The lowest BCUT2D eigenvalue weighted by atomic mass is 9.73. The van der Waals surface area contributed by atoms with Gasteiger partial charge in [-0.2, -0.15) is 0 Å². The number of piperidine rings is 2. The molecule has 0 aromatic heterocycles. The molecule has 1 aromatic carbocycles. The summed E-state index contributed by atoms with van der Waals surface area (Å²) >= 11 is 0. The molecule has 2 unspecified atom stereocenters. The smallest absolute Gasteiger partial charge is 0.410 e. The summed E-state index contributed by atoms with van der Waals surface area (Å²) in [7, 11) is 0. The number of halogens is 1. The van der Waals surface area contributed by atoms with E-state index in [1.807, 2.05) is 9.80 Å². The number of likely N-dealkylation sites (tertiary alicyclic amines) is 1. The highest BCUT2D eigenvalue weighted by Gasteiger charge is 2.50. The van der Waals surface area contributed by atoms with Crippen LogP contribution in [0.3, 0.4) is 0 Å². The molecule has 5 aliphatic rings. The highest BCUT2D eigenvalue weighted by Crippen LogP contribution is 2.48. The fourth-order valence-electron chi connectivity index (χ4n) is 7.22. The first-order valence-electron chi connectivity index (χ1n) is 12.8. The lowest BCUT2D eigenvalue weighted by Gasteiger charge is -2.47. The van der Waals surface area contributed by atoms with E-state index in [-0.39, 0.29) is 41.4 Å². The monoisotopic (exact) mass is 471 g/mol. The number of hydrogen-bond donors (Lipinski definition) is 0. The first kappa shape index (κ1) is 22.3. The molecule has 1 spiro atoms. The standard InChI is InChI=1S/C26H34FN3O4/c1-17(31)29-16-26(23-12-18(27)2-5-24(23)29)7-9-28(10-8-26)21-13-19-3-4-20(14-21)30(19)25(32)34-22-6-11-33-15-22/h2,5,12,19-22H,3-4,6-11,13-16H2,1H3/t19?,20?,21?,22-/m0/s1. The van der Waals surface area contributed by atoms with Gasteiger partial charge in [0.25, 0.3) is 0 Å². The van der Waals surface area contributed by atoms with E-state index in [1.54, 1.807) is 19.1 Å². The fourth-order valence-corrected chi connectivity index (χ4v) is 7.22. The van der Waals surface area contributed by atoms with Crippen molar-refractivity contribution >= 4 is 17.7 Å². The molecule has 2 amide bonds. The Kier molecular flexibility index (Phi) is 5.56. The number of ether oxygens (including phenoxy) is 2. The summed E-state index contributed by atoms with van der Waals surface area (Å²) in [6.45, 7) is 5.31. The quantitative estimate of drug-likeness (QED) is 0.661. The van der Waals surface area contributed by atoms with E-state index >= 15 is 0 Å².